The summed E-state index contributed by atoms with van der Waals surface area (Å²) in [7, 11) is 0. The first-order valence-electron chi connectivity index (χ1n) is 7.91. The number of hydrogen-bond acceptors (Lipinski definition) is 6. The Morgan fingerprint density at radius 3 is 2.65 bits per heavy atom. The number of thioether (sulfide) groups is 1. The number of benzene rings is 1. The Bertz CT molecular complexity index is 708. The molecule has 4 nitrogen and oxygen atoms in total. The molecular weight excluding hydrogens is 326 g/mol. The summed E-state index contributed by atoms with van der Waals surface area (Å²) in [5.41, 5.74) is 3.14. The van der Waals surface area contributed by atoms with Crippen LogP contribution < -0.4 is 4.90 Å². The van der Waals surface area contributed by atoms with Gasteiger partial charge in [-0.05, 0) is 50.8 Å². The standard InChI is InChI=1S/C17H21N3OS2/c1-11-6-7-14(10-12(11)2)15(21)13(3)22-17-19-18-16(23-17)20-8-4-5-9-20/h6-7,10,13H,4-5,8-9H2,1-3H3/t13-/m1/s1. The first kappa shape index (κ1) is 16.5. The summed E-state index contributed by atoms with van der Waals surface area (Å²) in [5.74, 6) is 0.149. The molecule has 2 aromatic rings. The zero-order valence-electron chi connectivity index (χ0n) is 13.7. The van der Waals surface area contributed by atoms with E-state index in [1.54, 1.807) is 11.3 Å². The van der Waals surface area contributed by atoms with E-state index in [0.29, 0.717) is 0 Å². The van der Waals surface area contributed by atoms with E-state index in [9.17, 15) is 4.79 Å². The average Bonchev–Trinajstić information content (AvgIpc) is 3.20. The summed E-state index contributed by atoms with van der Waals surface area (Å²) in [6.45, 7) is 8.17. The van der Waals surface area contributed by atoms with Crippen LogP contribution in [0.5, 0.6) is 0 Å². The van der Waals surface area contributed by atoms with Crippen LogP contribution in [0.3, 0.4) is 0 Å². The Morgan fingerprint density at radius 1 is 1.22 bits per heavy atom. The third-order valence-electron chi connectivity index (χ3n) is 4.21. The molecule has 0 saturated carbocycles. The van der Waals surface area contributed by atoms with Crippen molar-refractivity contribution in [2.24, 2.45) is 0 Å². The minimum absolute atomic E-state index is 0.149. The van der Waals surface area contributed by atoms with Crippen molar-refractivity contribution >= 4 is 34.0 Å². The molecular formula is C17H21N3OS2. The Hall–Kier alpha value is -1.40. The van der Waals surface area contributed by atoms with E-state index < -0.39 is 0 Å². The number of anilines is 1. The fourth-order valence-electron chi connectivity index (χ4n) is 2.62. The molecule has 0 bridgehead atoms. The molecule has 0 unspecified atom stereocenters. The van der Waals surface area contributed by atoms with Crippen LogP contribution in [-0.4, -0.2) is 34.3 Å². The molecule has 122 valence electrons. The Balaban J connectivity index is 1.67. The summed E-state index contributed by atoms with van der Waals surface area (Å²) in [4.78, 5) is 14.9. The molecule has 6 heteroatoms. The van der Waals surface area contributed by atoms with E-state index in [2.05, 4.69) is 22.0 Å². The summed E-state index contributed by atoms with van der Waals surface area (Å²) in [6.07, 6.45) is 2.45. The lowest BCUT2D eigenvalue weighted by Gasteiger charge is -2.11. The predicted molar refractivity (Wildman–Crippen MR) is 96.9 cm³/mol. The molecule has 0 aliphatic carbocycles. The number of ketones is 1. The Kier molecular flexibility index (Phi) is 5.02. The van der Waals surface area contributed by atoms with Gasteiger partial charge in [-0.3, -0.25) is 4.79 Å². The smallest absolute Gasteiger partial charge is 0.209 e. The predicted octanol–water partition coefficient (Wildman–Crippen LogP) is 4.12. The van der Waals surface area contributed by atoms with E-state index in [4.69, 9.17) is 0 Å². The van der Waals surface area contributed by atoms with E-state index in [1.807, 2.05) is 32.0 Å². The van der Waals surface area contributed by atoms with Crippen LogP contribution in [0.2, 0.25) is 0 Å². The Morgan fingerprint density at radius 2 is 1.96 bits per heavy atom. The molecule has 1 aromatic heterocycles. The van der Waals surface area contributed by atoms with E-state index >= 15 is 0 Å². The van der Waals surface area contributed by atoms with Crippen molar-refractivity contribution in [1.82, 2.24) is 10.2 Å². The quantitative estimate of drug-likeness (QED) is 0.601. The number of aromatic nitrogens is 2. The van der Waals surface area contributed by atoms with Gasteiger partial charge in [-0.25, -0.2) is 0 Å². The van der Waals surface area contributed by atoms with Gasteiger partial charge in [0.05, 0.1) is 5.25 Å². The third kappa shape index (κ3) is 3.75. The van der Waals surface area contributed by atoms with Crippen LogP contribution in [0.25, 0.3) is 0 Å². The zero-order chi connectivity index (χ0) is 16.4. The lowest BCUT2D eigenvalue weighted by atomic mass is 10.0. The first-order chi connectivity index (χ1) is 11.0. The highest BCUT2D eigenvalue weighted by atomic mass is 32.2. The van der Waals surface area contributed by atoms with Crippen LogP contribution in [0.4, 0.5) is 5.13 Å². The Labute approximate surface area is 145 Å². The minimum atomic E-state index is -0.156. The highest BCUT2D eigenvalue weighted by molar-refractivity contribution is 8.02. The molecule has 1 aliphatic rings. The normalized spacial score (nSPS) is 15.9. The van der Waals surface area contributed by atoms with Crippen LogP contribution in [0.1, 0.15) is 41.3 Å². The van der Waals surface area contributed by atoms with Crippen LogP contribution in [-0.2, 0) is 0 Å². The van der Waals surface area contributed by atoms with E-state index in [-0.39, 0.29) is 11.0 Å². The molecule has 0 radical (unpaired) electrons. The zero-order valence-corrected chi connectivity index (χ0v) is 15.3. The van der Waals surface area contributed by atoms with Crippen molar-refractivity contribution in [2.75, 3.05) is 18.0 Å². The van der Waals surface area contributed by atoms with Crippen LogP contribution >= 0.6 is 23.1 Å². The summed E-state index contributed by atoms with van der Waals surface area (Å²) >= 11 is 3.10. The fraction of sp³-hybridized carbons (Fsp3) is 0.471. The third-order valence-corrected chi connectivity index (χ3v) is 6.38. The molecule has 1 atom stereocenters. The van der Waals surface area contributed by atoms with Gasteiger partial charge >= 0.3 is 0 Å². The van der Waals surface area contributed by atoms with E-state index in [0.717, 1.165) is 33.7 Å². The second-order valence-electron chi connectivity index (χ2n) is 5.97. The fourth-order valence-corrected chi connectivity index (χ4v) is 4.73. The number of carbonyl (C=O) groups excluding carboxylic acids is 1. The van der Waals surface area contributed by atoms with Gasteiger partial charge in [-0.1, -0.05) is 35.2 Å². The number of carbonyl (C=O) groups is 1. The van der Waals surface area contributed by atoms with Gasteiger partial charge < -0.3 is 4.90 Å². The number of Topliss-reactive ketones (excluding diaryl/α,β-unsaturated/α-hetero) is 1. The molecule has 3 rings (SSSR count). The summed E-state index contributed by atoms with van der Waals surface area (Å²) in [6, 6.07) is 5.90. The van der Waals surface area contributed by atoms with Gasteiger partial charge in [0, 0.05) is 18.7 Å². The van der Waals surface area contributed by atoms with Gasteiger partial charge in [0.2, 0.25) is 5.13 Å². The highest BCUT2D eigenvalue weighted by Crippen LogP contribution is 2.33. The number of nitrogens with zero attached hydrogens (tertiary/aromatic N) is 3. The second kappa shape index (κ2) is 7.01. The summed E-state index contributed by atoms with van der Waals surface area (Å²) < 4.78 is 0.872. The van der Waals surface area contributed by atoms with Crippen LogP contribution in [0, 0.1) is 13.8 Å². The van der Waals surface area contributed by atoms with Crippen molar-refractivity contribution in [3.8, 4) is 0 Å². The van der Waals surface area contributed by atoms with Crippen LogP contribution in [0.15, 0.2) is 22.5 Å². The molecule has 1 aliphatic heterocycles. The average molecular weight is 348 g/mol. The van der Waals surface area contributed by atoms with Gasteiger partial charge in [0.1, 0.15) is 0 Å². The molecule has 23 heavy (non-hydrogen) atoms. The number of hydrogen-bond donors (Lipinski definition) is 0. The first-order valence-corrected chi connectivity index (χ1v) is 9.61. The molecule has 1 saturated heterocycles. The summed E-state index contributed by atoms with van der Waals surface area (Å²) in [5, 5.41) is 9.34. The lowest BCUT2D eigenvalue weighted by Crippen LogP contribution is -2.17. The maximum Gasteiger partial charge on any atom is 0.209 e. The van der Waals surface area contributed by atoms with Gasteiger partial charge in [-0.15, -0.1) is 10.2 Å². The molecule has 0 spiro atoms. The van der Waals surface area contributed by atoms with Gasteiger partial charge in [0.15, 0.2) is 10.1 Å². The maximum atomic E-state index is 12.6. The topological polar surface area (TPSA) is 46.1 Å². The minimum Gasteiger partial charge on any atom is -0.347 e. The highest BCUT2D eigenvalue weighted by Gasteiger charge is 2.21. The molecule has 2 heterocycles. The molecule has 0 amide bonds. The largest absolute Gasteiger partial charge is 0.347 e. The molecule has 0 N–H and O–H groups in total. The van der Waals surface area contributed by atoms with Crippen molar-refractivity contribution in [3.05, 3.63) is 34.9 Å². The van der Waals surface area contributed by atoms with Crippen molar-refractivity contribution in [1.29, 1.82) is 0 Å². The SMILES string of the molecule is Cc1ccc(C(=O)[C@@H](C)Sc2nnc(N3CCCC3)s2)cc1C. The van der Waals surface area contributed by atoms with Gasteiger partial charge in [-0.2, -0.15) is 0 Å². The monoisotopic (exact) mass is 347 g/mol. The number of rotatable bonds is 5. The van der Waals surface area contributed by atoms with E-state index in [1.165, 1.54) is 30.2 Å². The molecule has 1 fully saturated rings. The number of aryl methyl sites for hydroxylation is 2. The van der Waals surface area contributed by atoms with Crippen molar-refractivity contribution in [3.63, 3.8) is 0 Å². The van der Waals surface area contributed by atoms with Crippen molar-refractivity contribution in [2.45, 2.75) is 43.2 Å². The van der Waals surface area contributed by atoms with Crippen molar-refractivity contribution < 1.29 is 4.79 Å². The van der Waals surface area contributed by atoms with Gasteiger partial charge in [0.25, 0.3) is 0 Å². The molecule has 1 aromatic carbocycles. The second-order valence-corrected chi connectivity index (χ2v) is 8.51. The maximum absolute atomic E-state index is 12.6. The lowest BCUT2D eigenvalue weighted by molar-refractivity contribution is 0.0994.